The second-order valence-electron chi connectivity index (χ2n) is 7.17. The summed E-state index contributed by atoms with van der Waals surface area (Å²) >= 11 is 0. The summed E-state index contributed by atoms with van der Waals surface area (Å²) in [4.78, 5) is 2.54. The first-order valence-electron chi connectivity index (χ1n) is 9.10. The minimum Gasteiger partial charge on any atom is -0.420 e. The molecule has 2 aromatic rings. The predicted molar refractivity (Wildman–Crippen MR) is 90.1 cm³/mol. The van der Waals surface area contributed by atoms with E-state index in [9.17, 15) is 4.39 Å². The highest BCUT2D eigenvalue weighted by Gasteiger charge is 2.30. The van der Waals surface area contributed by atoms with Gasteiger partial charge in [0.15, 0.2) is 0 Å². The van der Waals surface area contributed by atoms with E-state index in [2.05, 4.69) is 15.1 Å². The zero-order valence-corrected chi connectivity index (χ0v) is 14.0. The van der Waals surface area contributed by atoms with E-state index >= 15 is 0 Å². The lowest BCUT2D eigenvalue weighted by Gasteiger charge is -2.26. The largest absolute Gasteiger partial charge is 0.420 e. The molecule has 0 N–H and O–H groups in total. The highest BCUT2D eigenvalue weighted by Crippen LogP contribution is 2.31. The third-order valence-electron chi connectivity index (χ3n) is 5.41. The lowest BCUT2D eigenvalue weighted by atomic mass is 9.89. The standard InChI is InChI=1S/C19H24FN3O/c20-17-9-5-4-8-16(17)19-22-21-18(24-19)15-10-11-23(13-15)12-14-6-2-1-3-7-14/h4-5,8-9,14-15H,1-3,6-7,10-13H2. The fourth-order valence-electron chi connectivity index (χ4n) is 4.08. The highest BCUT2D eigenvalue weighted by atomic mass is 19.1. The zero-order chi connectivity index (χ0) is 16.4. The molecule has 2 heterocycles. The maximum absolute atomic E-state index is 13.8. The Morgan fingerprint density at radius 2 is 1.92 bits per heavy atom. The maximum atomic E-state index is 13.8. The first-order valence-corrected chi connectivity index (χ1v) is 9.10. The van der Waals surface area contributed by atoms with Crippen LogP contribution in [0.15, 0.2) is 28.7 Å². The van der Waals surface area contributed by atoms with Crippen molar-refractivity contribution >= 4 is 0 Å². The van der Waals surface area contributed by atoms with E-state index in [1.807, 2.05) is 0 Å². The van der Waals surface area contributed by atoms with Gasteiger partial charge < -0.3 is 9.32 Å². The van der Waals surface area contributed by atoms with Gasteiger partial charge in [-0.15, -0.1) is 10.2 Å². The Balaban J connectivity index is 1.40. The molecule has 4 nitrogen and oxygen atoms in total. The van der Waals surface area contributed by atoms with Crippen LogP contribution in [0, 0.1) is 11.7 Å². The Kier molecular flexibility index (Phi) is 4.60. The number of nitrogens with zero attached hydrogens (tertiary/aromatic N) is 3. The summed E-state index contributed by atoms with van der Waals surface area (Å²) in [5, 5.41) is 8.24. The molecule has 1 aliphatic carbocycles. The summed E-state index contributed by atoms with van der Waals surface area (Å²) in [5.41, 5.74) is 0.383. The van der Waals surface area contributed by atoms with Gasteiger partial charge in [-0.05, 0) is 43.9 Å². The van der Waals surface area contributed by atoms with Gasteiger partial charge in [0.2, 0.25) is 5.89 Å². The van der Waals surface area contributed by atoms with Gasteiger partial charge in [0.05, 0.1) is 11.5 Å². The van der Waals surface area contributed by atoms with Crippen LogP contribution in [-0.4, -0.2) is 34.7 Å². The molecular weight excluding hydrogens is 305 g/mol. The number of aromatic nitrogens is 2. The van der Waals surface area contributed by atoms with E-state index < -0.39 is 0 Å². The smallest absolute Gasteiger partial charge is 0.250 e. The third-order valence-corrected chi connectivity index (χ3v) is 5.41. The molecule has 1 unspecified atom stereocenters. The summed E-state index contributed by atoms with van der Waals surface area (Å²) in [6.45, 7) is 3.28. The quantitative estimate of drug-likeness (QED) is 0.841. The molecule has 4 rings (SSSR count). The van der Waals surface area contributed by atoms with E-state index in [0.29, 0.717) is 11.5 Å². The van der Waals surface area contributed by atoms with Crippen LogP contribution in [-0.2, 0) is 0 Å². The van der Waals surface area contributed by atoms with Gasteiger partial charge in [0, 0.05) is 13.1 Å². The molecule has 2 aliphatic rings. The van der Waals surface area contributed by atoms with Crippen LogP contribution in [0.5, 0.6) is 0 Å². The lowest BCUT2D eigenvalue weighted by molar-refractivity contribution is 0.230. The molecular formula is C19H24FN3O. The number of halogens is 1. The van der Waals surface area contributed by atoms with Gasteiger partial charge in [-0.2, -0.15) is 0 Å². The minimum atomic E-state index is -0.321. The number of rotatable bonds is 4. The second kappa shape index (κ2) is 7.01. The average molecular weight is 329 g/mol. The summed E-state index contributed by atoms with van der Waals surface area (Å²) < 4.78 is 19.6. The van der Waals surface area contributed by atoms with Crippen molar-refractivity contribution in [2.75, 3.05) is 19.6 Å². The van der Waals surface area contributed by atoms with E-state index in [4.69, 9.17) is 4.42 Å². The normalized spacial score (nSPS) is 23.0. The van der Waals surface area contributed by atoms with Crippen LogP contribution < -0.4 is 0 Å². The van der Waals surface area contributed by atoms with E-state index in [1.54, 1.807) is 18.2 Å². The molecule has 0 radical (unpaired) electrons. The van der Waals surface area contributed by atoms with Crippen molar-refractivity contribution in [3.05, 3.63) is 36.0 Å². The van der Waals surface area contributed by atoms with E-state index in [1.165, 1.54) is 44.7 Å². The Morgan fingerprint density at radius 1 is 1.08 bits per heavy atom. The van der Waals surface area contributed by atoms with Crippen molar-refractivity contribution in [2.24, 2.45) is 5.92 Å². The maximum Gasteiger partial charge on any atom is 0.250 e. The predicted octanol–water partition coefficient (Wildman–Crippen LogP) is 4.25. The monoisotopic (exact) mass is 329 g/mol. The highest BCUT2D eigenvalue weighted by molar-refractivity contribution is 5.53. The van der Waals surface area contributed by atoms with Gasteiger partial charge >= 0.3 is 0 Å². The van der Waals surface area contributed by atoms with Crippen LogP contribution in [0.4, 0.5) is 4.39 Å². The molecule has 1 aromatic heterocycles. The molecule has 0 bridgehead atoms. The molecule has 1 aromatic carbocycles. The first-order chi connectivity index (χ1) is 11.8. The van der Waals surface area contributed by atoms with Crippen molar-refractivity contribution in [3.63, 3.8) is 0 Å². The number of hydrogen-bond donors (Lipinski definition) is 0. The Morgan fingerprint density at radius 3 is 2.75 bits per heavy atom. The summed E-state index contributed by atoms with van der Waals surface area (Å²) in [6, 6.07) is 6.54. The van der Waals surface area contributed by atoms with Crippen LogP contribution in [0.1, 0.15) is 50.3 Å². The zero-order valence-electron chi connectivity index (χ0n) is 14.0. The molecule has 5 heteroatoms. The minimum absolute atomic E-state index is 0.279. The van der Waals surface area contributed by atoms with Crippen LogP contribution in [0.3, 0.4) is 0 Å². The van der Waals surface area contributed by atoms with Crippen LogP contribution in [0.25, 0.3) is 11.5 Å². The number of benzene rings is 1. The molecule has 0 spiro atoms. The lowest BCUT2D eigenvalue weighted by Crippen LogP contribution is -2.28. The van der Waals surface area contributed by atoms with Gasteiger partial charge in [0.25, 0.3) is 5.89 Å². The molecule has 24 heavy (non-hydrogen) atoms. The SMILES string of the molecule is Fc1ccccc1-c1nnc(C2CCN(CC3CCCCC3)C2)o1. The van der Waals surface area contributed by atoms with Crippen molar-refractivity contribution in [1.29, 1.82) is 0 Å². The van der Waals surface area contributed by atoms with Crippen LogP contribution >= 0.6 is 0 Å². The van der Waals surface area contributed by atoms with E-state index in [-0.39, 0.29) is 17.6 Å². The van der Waals surface area contributed by atoms with Crippen molar-refractivity contribution in [3.8, 4) is 11.5 Å². The summed E-state index contributed by atoms with van der Waals surface area (Å²) in [5.74, 6) is 1.75. The van der Waals surface area contributed by atoms with Crippen LogP contribution in [0.2, 0.25) is 0 Å². The molecule has 1 saturated heterocycles. The van der Waals surface area contributed by atoms with Crippen molar-refractivity contribution < 1.29 is 8.81 Å². The molecule has 2 fully saturated rings. The van der Waals surface area contributed by atoms with Gasteiger partial charge in [-0.25, -0.2) is 4.39 Å². The third kappa shape index (κ3) is 3.36. The Hall–Kier alpha value is -1.75. The van der Waals surface area contributed by atoms with Gasteiger partial charge in [0.1, 0.15) is 5.82 Å². The van der Waals surface area contributed by atoms with Gasteiger partial charge in [-0.3, -0.25) is 0 Å². The fraction of sp³-hybridized carbons (Fsp3) is 0.579. The fourth-order valence-corrected chi connectivity index (χ4v) is 4.08. The molecule has 1 aliphatic heterocycles. The Labute approximate surface area is 142 Å². The molecule has 1 saturated carbocycles. The van der Waals surface area contributed by atoms with Crippen molar-refractivity contribution in [1.82, 2.24) is 15.1 Å². The average Bonchev–Trinajstić information content (AvgIpc) is 3.25. The topological polar surface area (TPSA) is 42.2 Å². The molecule has 1 atom stereocenters. The summed E-state index contributed by atoms with van der Waals surface area (Å²) in [6.07, 6.45) is 7.97. The van der Waals surface area contributed by atoms with Gasteiger partial charge in [-0.1, -0.05) is 31.4 Å². The first kappa shape index (κ1) is 15.8. The Bertz CT molecular complexity index is 681. The number of likely N-dealkylation sites (tertiary alicyclic amines) is 1. The number of hydrogen-bond acceptors (Lipinski definition) is 4. The summed E-state index contributed by atoms with van der Waals surface area (Å²) in [7, 11) is 0. The van der Waals surface area contributed by atoms with E-state index in [0.717, 1.165) is 25.4 Å². The van der Waals surface area contributed by atoms with Crippen molar-refractivity contribution in [2.45, 2.75) is 44.4 Å². The molecule has 0 amide bonds. The second-order valence-corrected chi connectivity index (χ2v) is 7.17. The molecule has 128 valence electrons.